The van der Waals surface area contributed by atoms with Gasteiger partial charge in [0.25, 0.3) is 0 Å². The highest BCUT2D eigenvalue weighted by Crippen LogP contribution is 2.61. The zero-order chi connectivity index (χ0) is 12.7. The van der Waals surface area contributed by atoms with Crippen LogP contribution in [0.15, 0.2) is 22.7 Å². The van der Waals surface area contributed by atoms with E-state index in [4.69, 9.17) is 10.5 Å². The van der Waals surface area contributed by atoms with E-state index in [1.807, 2.05) is 13.0 Å². The highest BCUT2D eigenvalue weighted by Gasteiger charge is 2.55. The molecule has 0 radical (unpaired) electrons. The van der Waals surface area contributed by atoms with Crippen LogP contribution in [0.3, 0.4) is 0 Å². The summed E-state index contributed by atoms with van der Waals surface area (Å²) in [6.45, 7) is 2.69. The fraction of sp³-hybridized carbons (Fsp3) is 0.600. The number of benzene rings is 1. The van der Waals surface area contributed by atoms with Gasteiger partial charge in [-0.3, -0.25) is 0 Å². The quantitative estimate of drug-likeness (QED) is 0.915. The molecule has 1 aromatic carbocycles. The van der Waals surface area contributed by atoms with Crippen LogP contribution in [0.25, 0.3) is 0 Å². The van der Waals surface area contributed by atoms with E-state index in [1.54, 1.807) is 0 Å². The monoisotopic (exact) mass is 309 g/mol. The van der Waals surface area contributed by atoms with Crippen LogP contribution in [0.4, 0.5) is 0 Å². The zero-order valence-electron chi connectivity index (χ0n) is 10.7. The first kappa shape index (κ1) is 12.5. The summed E-state index contributed by atoms with van der Waals surface area (Å²) < 4.78 is 6.55. The predicted octanol–water partition coefficient (Wildman–Crippen LogP) is 3.89. The highest BCUT2D eigenvalue weighted by molar-refractivity contribution is 9.10. The maximum Gasteiger partial charge on any atom is 0.133 e. The number of ether oxygens (including phenoxy) is 1. The average Bonchev–Trinajstić information content (AvgIpc) is 2.84. The minimum atomic E-state index is 0.201. The molecule has 0 saturated heterocycles. The van der Waals surface area contributed by atoms with Crippen molar-refractivity contribution in [3.8, 4) is 5.75 Å². The van der Waals surface area contributed by atoms with Gasteiger partial charge in [0.05, 0.1) is 11.1 Å². The Hall–Kier alpha value is -0.540. The van der Waals surface area contributed by atoms with Crippen molar-refractivity contribution in [2.24, 2.45) is 23.5 Å². The number of nitrogens with two attached hydrogens (primary N) is 1. The highest BCUT2D eigenvalue weighted by atomic mass is 79.9. The molecular weight excluding hydrogens is 290 g/mol. The van der Waals surface area contributed by atoms with Gasteiger partial charge in [-0.1, -0.05) is 12.5 Å². The first-order valence-corrected chi connectivity index (χ1v) is 7.69. The number of hydrogen-bond acceptors (Lipinski definition) is 2. The molecule has 2 aliphatic carbocycles. The molecule has 0 heterocycles. The topological polar surface area (TPSA) is 35.2 Å². The van der Waals surface area contributed by atoms with Crippen molar-refractivity contribution in [2.45, 2.75) is 32.2 Å². The second kappa shape index (κ2) is 4.86. The molecule has 3 atom stereocenters. The molecule has 3 unspecified atom stereocenters. The van der Waals surface area contributed by atoms with E-state index >= 15 is 0 Å². The molecule has 18 heavy (non-hydrogen) atoms. The standard InChI is InChI=1S/C15H20BrNO/c1-2-18-13-7-6-9(8-12(13)16)15(17)14-10-4-3-5-11(10)14/h6-8,10-11,14-15H,2-5,17H2,1H3. The average molecular weight is 310 g/mol. The SMILES string of the molecule is CCOc1ccc(C(N)C2C3CCCC32)cc1Br. The van der Waals surface area contributed by atoms with Gasteiger partial charge < -0.3 is 10.5 Å². The van der Waals surface area contributed by atoms with Crippen LogP contribution in [-0.2, 0) is 0 Å². The van der Waals surface area contributed by atoms with E-state index in [0.717, 1.165) is 28.0 Å². The number of hydrogen-bond donors (Lipinski definition) is 1. The number of halogens is 1. The Labute approximate surface area is 117 Å². The molecular formula is C15H20BrNO. The van der Waals surface area contributed by atoms with Gasteiger partial charge in [0, 0.05) is 6.04 Å². The van der Waals surface area contributed by atoms with Gasteiger partial charge in [-0.25, -0.2) is 0 Å². The van der Waals surface area contributed by atoms with Gasteiger partial charge in [0.2, 0.25) is 0 Å². The Kier molecular flexibility index (Phi) is 3.37. The van der Waals surface area contributed by atoms with E-state index < -0.39 is 0 Å². The van der Waals surface area contributed by atoms with Crippen molar-refractivity contribution in [3.05, 3.63) is 28.2 Å². The zero-order valence-corrected chi connectivity index (χ0v) is 12.3. The Morgan fingerprint density at radius 3 is 2.72 bits per heavy atom. The van der Waals surface area contributed by atoms with Gasteiger partial charge >= 0.3 is 0 Å². The third kappa shape index (κ3) is 2.08. The summed E-state index contributed by atoms with van der Waals surface area (Å²) in [6.07, 6.45) is 4.19. The second-order valence-electron chi connectivity index (χ2n) is 5.48. The lowest BCUT2D eigenvalue weighted by molar-refractivity contribution is 0.338. The molecule has 0 aliphatic heterocycles. The molecule has 2 N–H and O–H groups in total. The van der Waals surface area contributed by atoms with Crippen LogP contribution in [-0.4, -0.2) is 6.61 Å². The van der Waals surface area contributed by atoms with Crippen LogP contribution in [0, 0.1) is 17.8 Å². The van der Waals surface area contributed by atoms with Crippen molar-refractivity contribution in [2.75, 3.05) is 6.61 Å². The van der Waals surface area contributed by atoms with Crippen LogP contribution in [0.5, 0.6) is 5.75 Å². The molecule has 2 fully saturated rings. The molecule has 0 bridgehead atoms. The molecule has 0 aromatic heterocycles. The third-order valence-electron chi connectivity index (χ3n) is 4.53. The minimum absolute atomic E-state index is 0.201. The van der Waals surface area contributed by atoms with Crippen molar-refractivity contribution >= 4 is 15.9 Å². The minimum Gasteiger partial charge on any atom is -0.493 e. The van der Waals surface area contributed by atoms with Crippen LogP contribution in [0.2, 0.25) is 0 Å². The summed E-state index contributed by atoms with van der Waals surface area (Å²) in [5, 5.41) is 0. The summed E-state index contributed by atoms with van der Waals surface area (Å²) in [7, 11) is 0. The van der Waals surface area contributed by atoms with Crippen molar-refractivity contribution in [1.82, 2.24) is 0 Å². The molecule has 0 amide bonds. The Morgan fingerprint density at radius 1 is 1.39 bits per heavy atom. The smallest absolute Gasteiger partial charge is 0.133 e. The third-order valence-corrected chi connectivity index (χ3v) is 5.15. The van der Waals surface area contributed by atoms with Crippen molar-refractivity contribution in [1.29, 1.82) is 0 Å². The van der Waals surface area contributed by atoms with Gasteiger partial charge in [0.1, 0.15) is 5.75 Å². The van der Waals surface area contributed by atoms with Gasteiger partial charge in [-0.05, 0) is 71.1 Å². The Morgan fingerprint density at radius 2 is 2.11 bits per heavy atom. The van der Waals surface area contributed by atoms with Crippen molar-refractivity contribution < 1.29 is 4.74 Å². The van der Waals surface area contributed by atoms with E-state index in [1.165, 1.54) is 24.8 Å². The molecule has 3 heteroatoms. The fourth-order valence-electron chi connectivity index (χ4n) is 3.63. The maximum absolute atomic E-state index is 6.42. The lowest BCUT2D eigenvalue weighted by atomic mass is 9.98. The van der Waals surface area contributed by atoms with E-state index in [0.29, 0.717) is 6.61 Å². The van der Waals surface area contributed by atoms with Crippen LogP contribution >= 0.6 is 15.9 Å². The maximum atomic E-state index is 6.42. The summed E-state index contributed by atoms with van der Waals surface area (Å²) in [5.41, 5.74) is 7.66. The van der Waals surface area contributed by atoms with Crippen molar-refractivity contribution in [3.63, 3.8) is 0 Å². The van der Waals surface area contributed by atoms with Gasteiger partial charge in [-0.15, -0.1) is 0 Å². The summed E-state index contributed by atoms with van der Waals surface area (Å²) in [6, 6.07) is 6.48. The van der Waals surface area contributed by atoms with E-state index in [2.05, 4.69) is 28.1 Å². The predicted molar refractivity (Wildman–Crippen MR) is 76.6 cm³/mol. The lowest BCUT2D eigenvalue weighted by Crippen LogP contribution is -2.15. The second-order valence-corrected chi connectivity index (χ2v) is 6.34. The van der Waals surface area contributed by atoms with Crippen LogP contribution in [0.1, 0.15) is 37.8 Å². The summed E-state index contributed by atoms with van der Waals surface area (Å²) in [5.74, 6) is 3.45. The first-order chi connectivity index (χ1) is 8.72. The van der Waals surface area contributed by atoms with Gasteiger partial charge in [-0.2, -0.15) is 0 Å². The Bertz CT molecular complexity index is 438. The van der Waals surface area contributed by atoms with Gasteiger partial charge in [0.15, 0.2) is 0 Å². The molecule has 0 spiro atoms. The molecule has 3 rings (SSSR count). The molecule has 1 aromatic rings. The molecule has 2 saturated carbocycles. The van der Waals surface area contributed by atoms with E-state index in [9.17, 15) is 0 Å². The van der Waals surface area contributed by atoms with E-state index in [-0.39, 0.29) is 6.04 Å². The summed E-state index contributed by atoms with van der Waals surface area (Å²) >= 11 is 3.57. The Balaban J connectivity index is 1.74. The molecule has 98 valence electrons. The molecule has 2 aliphatic rings. The number of rotatable bonds is 4. The lowest BCUT2D eigenvalue weighted by Gasteiger charge is -2.16. The largest absolute Gasteiger partial charge is 0.493 e. The van der Waals surface area contributed by atoms with Crippen LogP contribution < -0.4 is 10.5 Å². The molecule has 2 nitrogen and oxygen atoms in total. The number of fused-ring (bicyclic) bond motifs is 1. The summed E-state index contributed by atoms with van der Waals surface area (Å²) in [4.78, 5) is 0. The fourth-order valence-corrected chi connectivity index (χ4v) is 4.14. The first-order valence-electron chi connectivity index (χ1n) is 6.90. The normalized spacial score (nSPS) is 30.9.